The van der Waals surface area contributed by atoms with Crippen molar-refractivity contribution in [2.24, 2.45) is 4.99 Å². The average Bonchev–Trinajstić information content (AvgIpc) is 3.52. The second kappa shape index (κ2) is 10.9. The van der Waals surface area contributed by atoms with Crippen molar-refractivity contribution in [3.8, 4) is 11.5 Å². The number of methoxy groups -OCH3 is 2. The Morgan fingerprint density at radius 2 is 1.97 bits per heavy atom. The van der Waals surface area contributed by atoms with Gasteiger partial charge in [0, 0.05) is 36.9 Å². The molecule has 2 aromatic heterocycles. The smallest absolute Gasteiger partial charge is 0.338 e. The molecule has 3 aromatic rings. The molecular formula is C27H29N3O7S. The number of ether oxygens (including phenoxy) is 4. The van der Waals surface area contributed by atoms with Gasteiger partial charge in [0.15, 0.2) is 10.7 Å². The van der Waals surface area contributed by atoms with Gasteiger partial charge in [-0.2, -0.15) is 0 Å². The quantitative estimate of drug-likeness (QED) is 0.421. The molecule has 1 saturated heterocycles. The van der Waals surface area contributed by atoms with E-state index in [1.54, 1.807) is 45.2 Å². The Labute approximate surface area is 223 Å². The van der Waals surface area contributed by atoms with Crippen LogP contribution in [0.3, 0.4) is 0 Å². The van der Waals surface area contributed by atoms with Crippen LogP contribution in [0.5, 0.6) is 11.5 Å². The van der Waals surface area contributed by atoms with E-state index in [0.29, 0.717) is 51.1 Å². The van der Waals surface area contributed by atoms with E-state index in [4.69, 9.17) is 23.4 Å². The summed E-state index contributed by atoms with van der Waals surface area (Å²) in [7, 11) is 3.09. The zero-order valence-electron chi connectivity index (χ0n) is 21.7. The molecule has 1 aromatic carbocycles. The first-order valence-electron chi connectivity index (χ1n) is 12.3. The number of aromatic nitrogens is 1. The van der Waals surface area contributed by atoms with Crippen LogP contribution in [0, 0.1) is 0 Å². The molecule has 11 heteroatoms. The highest BCUT2D eigenvalue weighted by atomic mass is 32.1. The van der Waals surface area contributed by atoms with Crippen molar-refractivity contribution in [3.63, 3.8) is 0 Å². The summed E-state index contributed by atoms with van der Waals surface area (Å²) in [6.45, 7) is 6.45. The van der Waals surface area contributed by atoms with Gasteiger partial charge in [0.05, 0.1) is 49.8 Å². The first-order chi connectivity index (χ1) is 18.4. The standard InChI is InChI=1S/C27H29N3O7S/c1-5-36-26(32)23-16(2)28-27-30(24(23)19-8-6-17(33-3)14-20(19)34-4)25(31)21(38-27)15-18-7-9-22(37-18)29-10-12-35-13-11-29/h6-9,14-15,24H,5,10-13H2,1-4H3/b21-15+/t24-/m1/s1. The molecule has 0 saturated carbocycles. The lowest BCUT2D eigenvalue weighted by Gasteiger charge is -2.26. The minimum absolute atomic E-state index is 0.191. The van der Waals surface area contributed by atoms with E-state index in [1.807, 2.05) is 12.1 Å². The van der Waals surface area contributed by atoms with Gasteiger partial charge in [0.1, 0.15) is 23.3 Å². The Morgan fingerprint density at radius 1 is 1.18 bits per heavy atom. The van der Waals surface area contributed by atoms with Gasteiger partial charge in [-0.15, -0.1) is 0 Å². The molecule has 0 unspecified atom stereocenters. The topological polar surface area (TPSA) is 105 Å². The summed E-state index contributed by atoms with van der Waals surface area (Å²) >= 11 is 1.23. The monoisotopic (exact) mass is 539 g/mol. The Morgan fingerprint density at radius 3 is 2.68 bits per heavy atom. The van der Waals surface area contributed by atoms with Crippen LogP contribution in [-0.4, -0.2) is 57.7 Å². The molecule has 1 fully saturated rings. The fourth-order valence-corrected chi connectivity index (χ4v) is 5.66. The summed E-state index contributed by atoms with van der Waals surface area (Å²) in [4.78, 5) is 34.2. The maximum Gasteiger partial charge on any atom is 0.338 e. The number of anilines is 1. The Kier molecular flexibility index (Phi) is 7.39. The normalized spacial score (nSPS) is 17.7. The van der Waals surface area contributed by atoms with Gasteiger partial charge in [0.25, 0.3) is 5.56 Å². The van der Waals surface area contributed by atoms with Gasteiger partial charge in [-0.1, -0.05) is 11.3 Å². The Hall–Kier alpha value is -3.83. The lowest BCUT2D eigenvalue weighted by Crippen LogP contribution is -2.40. The second-order valence-corrected chi connectivity index (χ2v) is 9.69. The first-order valence-corrected chi connectivity index (χ1v) is 13.1. The zero-order valence-corrected chi connectivity index (χ0v) is 22.5. The SMILES string of the molecule is CCOC(=O)C1=C(C)N=c2s/c(=C/c3ccc(N4CCOCC4)o3)c(=O)n2[C@@H]1c1ccc(OC)cc1OC. The van der Waals surface area contributed by atoms with Gasteiger partial charge < -0.3 is 28.3 Å². The number of allylic oxidation sites excluding steroid dienone is 1. The third-order valence-corrected chi connectivity index (χ3v) is 7.44. The van der Waals surface area contributed by atoms with Gasteiger partial charge in [-0.25, -0.2) is 9.79 Å². The number of hydrogen-bond acceptors (Lipinski definition) is 10. The minimum atomic E-state index is -0.797. The largest absolute Gasteiger partial charge is 0.497 e. The summed E-state index contributed by atoms with van der Waals surface area (Å²) in [5, 5.41) is 0. The minimum Gasteiger partial charge on any atom is -0.497 e. The predicted octanol–water partition coefficient (Wildman–Crippen LogP) is 2.25. The van der Waals surface area contributed by atoms with Crippen LogP contribution < -0.4 is 29.3 Å². The number of benzene rings is 1. The van der Waals surface area contributed by atoms with Gasteiger partial charge >= 0.3 is 5.97 Å². The molecular weight excluding hydrogens is 510 g/mol. The number of esters is 1. The summed E-state index contributed by atoms with van der Waals surface area (Å²) in [5.41, 5.74) is 1.08. The van der Waals surface area contributed by atoms with Crippen LogP contribution in [0.25, 0.3) is 6.08 Å². The van der Waals surface area contributed by atoms with Crippen molar-refractivity contribution in [3.05, 3.63) is 72.6 Å². The molecule has 0 amide bonds. The molecule has 0 radical (unpaired) electrons. The number of carbonyl (C=O) groups excluding carboxylic acids is 1. The summed E-state index contributed by atoms with van der Waals surface area (Å²) in [6.07, 6.45) is 1.71. The summed E-state index contributed by atoms with van der Waals surface area (Å²) in [6, 6.07) is 8.21. The number of thiazole rings is 1. The highest BCUT2D eigenvalue weighted by Gasteiger charge is 2.35. The highest BCUT2D eigenvalue weighted by Crippen LogP contribution is 2.37. The number of fused-ring (bicyclic) bond motifs is 1. The van der Waals surface area contributed by atoms with E-state index >= 15 is 0 Å². The molecule has 0 spiro atoms. The first kappa shape index (κ1) is 25.8. The van der Waals surface area contributed by atoms with Crippen LogP contribution in [0.1, 0.15) is 31.2 Å². The van der Waals surface area contributed by atoms with E-state index in [-0.39, 0.29) is 17.7 Å². The van der Waals surface area contributed by atoms with Crippen molar-refractivity contribution in [2.45, 2.75) is 19.9 Å². The van der Waals surface area contributed by atoms with Crippen LogP contribution in [0.4, 0.5) is 5.88 Å². The molecule has 0 N–H and O–H groups in total. The molecule has 1 atom stereocenters. The molecule has 5 rings (SSSR count). The van der Waals surface area contributed by atoms with Crippen molar-refractivity contribution < 1.29 is 28.2 Å². The fourth-order valence-electron chi connectivity index (χ4n) is 4.63. The number of morpholine rings is 1. The van der Waals surface area contributed by atoms with Crippen LogP contribution in [0.2, 0.25) is 0 Å². The maximum absolute atomic E-state index is 13.8. The molecule has 0 bridgehead atoms. The summed E-state index contributed by atoms with van der Waals surface area (Å²) < 4.78 is 29.8. The number of nitrogens with zero attached hydrogens (tertiary/aromatic N) is 3. The number of carbonyl (C=O) groups is 1. The van der Waals surface area contributed by atoms with Gasteiger partial charge in [-0.05, 0) is 32.0 Å². The Bertz CT molecular complexity index is 1560. The lowest BCUT2D eigenvalue weighted by molar-refractivity contribution is -0.139. The second-order valence-electron chi connectivity index (χ2n) is 8.69. The number of furan rings is 1. The third-order valence-electron chi connectivity index (χ3n) is 6.46. The molecule has 38 heavy (non-hydrogen) atoms. The number of hydrogen-bond donors (Lipinski definition) is 0. The van der Waals surface area contributed by atoms with E-state index in [9.17, 15) is 9.59 Å². The molecule has 0 aliphatic carbocycles. The van der Waals surface area contributed by atoms with Gasteiger partial charge in [0.2, 0.25) is 0 Å². The summed E-state index contributed by atoms with van der Waals surface area (Å²) in [5.74, 6) is 1.81. The van der Waals surface area contributed by atoms with E-state index in [1.165, 1.54) is 23.0 Å². The van der Waals surface area contributed by atoms with Crippen LogP contribution in [-0.2, 0) is 14.3 Å². The van der Waals surface area contributed by atoms with Crippen molar-refractivity contribution in [1.29, 1.82) is 0 Å². The lowest BCUT2D eigenvalue weighted by atomic mass is 9.95. The molecule has 10 nitrogen and oxygen atoms in total. The van der Waals surface area contributed by atoms with Crippen LogP contribution in [0.15, 0.2) is 55.8 Å². The highest BCUT2D eigenvalue weighted by molar-refractivity contribution is 7.07. The fraction of sp³-hybridized carbons (Fsp3) is 0.370. The van der Waals surface area contributed by atoms with Crippen molar-refractivity contribution in [2.75, 3.05) is 52.0 Å². The predicted molar refractivity (Wildman–Crippen MR) is 142 cm³/mol. The molecule has 4 heterocycles. The van der Waals surface area contributed by atoms with Gasteiger partial charge in [-0.3, -0.25) is 9.36 Å². The van der Waals surface area contributed by atoms with Crippen molar-refractivity contribution >= 4 is 29.3 Å². The zero-order chi connectivity index (χ0) is 26.8. The Balaban J connectivity index is 1.64. The molecule has 2 aliphatic heterocycles. The third kappa shape index (κ3) is 4.74. The van der Waals surface area contributed by atoms with Crippen molar-refractivity contribution in [1.82, 2.24) is 4.57 Å². The van der Waals surface area contributed by atoms with Crippen LogP contribution >= 0.6 is 11.3 Å². The molecule has 2 aliphatic rings. The van der Waals surface area contributed by atoms with E-state index in [2.05, 4.69) is 9.89 Å². The average molecular weight is 540 g/mol. The van der Waals surface area contributed by atoms with E-state index < -0.39 is 12.0 Å². The number of rotatable bonds is 7. The molecule has 200 valence electrons. The maximum atomic E-state index is 13.8. The van der Waals surface area contributed by atoms with E-state index in [0.717, 1.165) is 19.0 Å².